The molecule has 0 bridgehead atoms. The molecule has 210 valence electrons. The van der Waals surface area contributed by atoms with Gasteiger partial charge >= 0.3 is 12.4 Å². The summed E-state index contributed by atoms with van der Waals surface area (Å²) in [5.74, 6) is -0.527. The second kappa shape index (κ2) is 12.4. The molecule has 5 nitrogen and oxygen atoms in total. The highest BCUT2D eigenvalue weighted by molar-refractivity contribution is 5.86. The molecule has 0 aliphatic carbocycles. The minimum atomic E-state index is -4.94. The van der Waals surface area contributed by atoms with E-state index in [9.17, 15) is 35.9 Å². The lowest BCUT2D eigenvalue weighted by Crippen LogP contribution is -2.55. The highest BCUT2D eigenvalue weighted by Crippen LogP contribution is 2.36. The molecule has 1 unspecified atom stereocenters. The standard InChI is InChI=1S/C26H29F6N3O2.ClH/c1-17(2)35-12-11-34(16-22(35)36)23(19-7-5-4-6-8-19)24(37)33(3)10-9-18-13-20(25(27,28)29)15-21(14-18)26(30,31)32;/h4-8,13-15,17,23H,9-12,16H2,1-3H3;1H. The number of carbonyl (C=O) groups is 2. The fraction of sp³-hybridized carbons (Fsp3) is 0.462. The molecule has 1 saturated heterocycles. The van der Waals surface area contributed by atoms with Crippen molar-refractivity contribution in [2.45, 2.75) is 44.7 Å². The summed E-state index contributed by atoms with van der Waals surface area (Å²) in [5, 5.41) is 0. The maximum atomic E-state index is 13.5. The van der Waals surface area contributed by atoms with E-state index in [0.717, 1.165) is 0 Å². The summed E-state index contributed by atoms with van der Waals surface area (Å²) in [4.78, 5) is 31.0. The van der Waals surface area contributed by atoms with Crippen LogP contribution in [0.15, 0.2) is 48.5 Å². The Bertz CT molecular complexity index is 1080. The Morgan fingerprint density at radius 3 is 1.97 bits per heavy atom. The monoisotopic (exact) mass is 565 g/mol. The summed E-state index contributed by atoms with van der Waals surface area (Å²) in [6.07, 6.45) is -10.1. The molecule has 1 aliphatic rings. The number of hydrogen-bond acceptors (Lipinski definition) is 3. The Balaban J connectivity index is 0.00000507. The van der Waals surface area contributed by atoms with E-state index >= 15 is 0 Å². The molecule has 1 atom stereocenters. The van der Waals surface area contributed by atoms with Gasteiger partial charge in [-0.3, -0.25) is 14.5 Å². The number of benzene rings is 2. The number of amides is 2. The zero-order valence-electron chi connectivity index (χ0n) is 21.1. The maximum absolute atomic E-state index is 13.5. The molecule has 0 N–H and O–H groups in total. The van der Waals surface area contributed by atoms with Crippen molar-refractivity contribution >= 4 is 24.2 Å². The van der Waals surface area contributed by atoms with Crippen LogP contribution in [0.1, 0.15) is 42.1 Å². The van der Waals surface area contributed by atoms with Crippen molar-refractivity contribution in [3.63, 3.8) is 0 Å². The van der Waals surface area contributed by atoms with Crippen molar-refractivity contribution in [2.24, 2.45) is 0 Å². The van der Waals surface area contributed by atoms with E-state index in [4.69, 9.17) is 0 Å². The molecule has 2 aromatic rings. The second-order valence-corrected chi connectivity index (χ2v) is 9.39. The van der Waals surface area contributed by atoms with Gasteiger partial charge in [-0.05, 0) is 49.6 Å². The van der Waals surface area contributed by atoms with Crippen LogP contribution < -0.4 is 0 Å². The fourth-order valence-corrected chi connectivity index (χ4v) is 4.40. The number of hydrogen-bond donors (Lipinski definition) is 0. The van der Waals surface area contributed by atoms with Crippen molar-refractivity contribution in [3.05, 3.63) is 70.8 Å². The molecule has 38 heavy (non-hydrogen) atoms. The first-order chi connectivity index (χ1) is 17.2. The molecule has 1 fully saturated rings. The predicted octanol–water partition coefficient (Wildman–Crippen LogP) is 5.44. The quantitative estimate of drug-likeness (QED) is 0.420. The van der Waals surface area contributed by atoms with Gasteiger partial charge < -0.3 is 9.80 Å². The first-order valence-electron chi connectivity index (χ1n) is 11.8. The third-order valence-electron chi connectivity index (χ3n) is 6.38. The van der Waals surface area contributed by atoms with E-state index < -0.39 is 35.4 Å². The molecule has 1 heterocycles. The van der Waals surface area contributed by atoms with E-state index in [-0.39, 0.29) is 55.5 Å². The minimum absolute atomic E-state index is 0. The normalized spacial score (nSPS) is 15.8. The van der Waals surface area contributed by atoms with E-state index in [1.807, 2.05) is 13.8 Å². The van der Waals surface area contributed by atoms with Gasteiger partial charge in [-0.1, -0.05) is 30.3 Å². The van der Waals surface area contributed by atoms with Crippen molar-refractivity contribution in [2.75, 3.05) is 33.2 Å². The number of rotatable bonds is 7. The molecule has 2 aromatic carbocycles. The number of likely N-dealkylation sites (N-methyl/N-ethyl adjacent to an activating group) is 1. The van der Waals surface area contributed by atoms with Gasteiger partial charge in [0.25, 0.3) is 0 Å². The Morgan fingerprint density at radius 2 is 1.50 bits per heavy atom. The first-order valence-corrected chi connectivity index (χ1v) is 11.8. The number of alkyl halides is 6. The summed E-state index contributed by atoms with van der Waals surface area (Å²) in [5.41, 5.74) is -2.33. The van der Waals surface area contributed by atoms with Gasteiger partial charge in [0, 0.05) is 32.7 Å². The average Bonchev–Trinajstić information content (AvgIpc) is 2.82. The van der Waals surface area contributed by atoms with Crippen molar-refractivity contribution in [1.82, 2.24) is 14.7 Å². The van der Waals surface area contributed by atoms with Crippen LogP contribution in [0.2, 0.25) is 0 Å². The smallest absolute Gasteiger partial charge is 0.344 e. The molecule has 12 heteroatoms. The van der Waals surface area contributed by atoms with Crippen molar-refractivity contribution in [3.8, 4) is 0 Å². The van der Waals surface area contributed by atoms with E-state index in [0.29, 0.717) is 30.8 Å². The average molecular weight is 566 g/mol. The summed E-state index contributed by atoms with van der Waals surface area (Å²) in [6, 6.07) is 9.40. The van der Waals surface area contributed by atoms with Crippen LogP contribution in [0, 0.1) is 0 Å². The van der Waals surface area contributed by atoms with E-state index in [1.165, 1.54) is 11.9 Å². The molecule has 2 amide bonds. The number of halogens is 7. The first kappa shape index (κ1) is 31.4. The van der Waals surface area contributed by atoms with E-state index in [1.54, 1.807) is 40.1 Å². The summed E-state index contributed by atoms with van der Waals surface area (Å²) in [7, 11) is 1.45. The summed E-state index contributed by atoms with van der Waals surface area (Å²) >= 11 is 0. The van der Waals surface area contributed by atoms with Gasteiger partial charge in [0.05, 0.1) is 17.7 Å². The molecule has 0 saturated carbocycles. The molecule has 0 spiro atoms. The summed E-state index contributed by atoms with van der Waals surface area (Å²) < 4.78 is 79.2. The van der Waals surface area contributed by atoms with Crippen LogP contribution in [0.5, 0.6) is 0 Å². The highest BCUT2D eigenvalue weighted by Gasteiger charge is 2.38. The molecule has 0 aromatic heterocycles. The Hall–Kier alpha value is -2.79. The molecule has 1 aliphatic heterocycles. The number of carbonyl (C=O) groups excluding carboxylic acids is 2. The fourth-order valence-electron chi connectivity index (χ4n) is 4.40. The maximum Gasteiger partial charge on any atom is 0.416 e. The van der Waals surface area contributed by atoms with Crippen LogP contribution in [0.3, 0.4) is 0 Å². The minimum Gasteiger partial charge on any atom is -0.344 e. The van der Waals surface area contributed by atoms with Gasteiger partial charge in [0.1, 0.15) is 6.04 Å². The largest absolute Gasteiger partial charge is 0.416 e. The zero-order valence-corrected chi connectivity index (χ0v) is 22.0. The molecular weight excluding hydrogens is 536 g/mol. The van der Waals surface area contributed by atoms with Crippen LogP contribution >= 0.6 is 12.4 Å². The molecular formula is C26H30ClF6N3O2. The second-order valence-electron chi connectivity index (χ2n) is 9.39. The Labute approximate surface area is 223 Å². The van der Waals surface area contributed by atoms with Gasteiger partial charge in [0.15, 0.2) is 0 Å². The third-order valence-corrected chi connectivity index (χ3v) is 6.38. The predicted molar refractivity (Wildman–Crippen MR) is 133 cm³/mol. The molecule has 0 radical (unpaired) electrons. The highest BCUT2D eigenvalue weighted by atomic mass is 35.5. The lowest BCUT2D eigenvalue weighted by molar-refractivity contribution is -0.145. The van der Waals surface area contributed by atoms with Gasteiger partial charge in [-0.25, -0.2) is 0 Å². The van der Waals surface area contributed by atoms with Gasteiger partial charge in [-0.15, -0.1) is 12.4 Å². The van der Waals surface area contributed by atoms with Gasteiger partial charge in [0.2, 0.25) is 11.8 Å². The van der Waals surface area contributed by atoms with E-state index in [2.05, 4.69) is 0 Å². The molecule has 3 rings (SSSR count). The Kier molecular flexibility index (Phi) is 10.2. The lowest BCUT2D eigenvalue weighted by atomic mass is 10.0. The van der Waals surface area contributed by atoms with Crippen LogP contribution in [0.4, 0.5) is 26.3 Å². The number of nitrogens with zero attached hydrogens (tertiary/aromatic N) is 3. The van der Waals surface area contributed by atoms with Crippen LogP contribution in [-0.2, 0) is 28.4 Å². The zero-order chi connectivity index (χ0) is 27.5. The number of piperazine rings is 1. The van der Waals surface area contributed by atoms with Gasteiger partial charge in [-0.2, -0.15) is 26.3 Å². The van der Waals surface area contributed by atoms with Crippen molar-refractivity contribution < 1.29 is 35.9 Å². The third kappa shape index (κ3) is 7.63. The lowest BCUT2D eigenvalue weighted by Gasteiger charge is -2.40. The summed E-state index contributed by atoms with van der Waals surface area (Å²) in [6.45, 7) is 4.58. The van der Waals surface area contributed by atoms with Crippen molar-refractivity contribution in [1.29, 1.82) is 0 Å². The Morgan fingerprint density at radius 1 is 0.947 bits per heavy atom. The topological polar surface area (TPSA) is 43.9 Å². The van der Waals surface area contributed by atoms with Crippen LogP contribution in [-0.4, -0.2) is 65.8 Å². The SMILES string of the molecule is CC(C)N1CCN(C(C(=O)N(C)CCc2cc(C(F)(F)F)cc(C(F)(F)F)c2)c2ccccc2)CC1=O.Cl. The van der Waals surface area contributed by atoms with Crippen LogP contribution in [0.25, 0.3) is 0 Å².